The first-order valence-electron chi connectivity index (χ1n) is 5.34. The number of piperazine rings is 1. The van der Waals surface area contributed by atoms with Crippen LogP contribution in [0.3, 0.4) is 0 Å². The van der Waals surface area contributed by atoms with Gasteiger partial charge in [-0.2, -0.15) is 0 Å². The van der Waals surface area contributed by atoms with Gasteiger partial charge in [-0.25, -0.2) is 9.78 Å². The summed E-state index contributed by atoms with van der Waals surface area (Å²) in [5.41, 5.74) is 0.401. The zero-order valence-corrected chi connectivity index (χ0v) is 12.1. The number of halogens is 1. The van der Waals surface area contributed by atoms with Crippen LogP contribution in [-0.2, 0) is 4.74 Å². The number of methoxy groups -OCH3 is 1. The molecule has 0 amide bonds. The van der Waals surface area contributed by atoms with E-state index >= 15 is 0 Å². The maximum absolute atomic E-state index is 11.6. The minimum Gasteiger partial charge on any atom is -0.464 e. The van der Waals surface area contributed by atoms with E-state index in [4.69, 9.17) is 4.74 Å². The van der Waals surface area contributed by atoms with Crippen LogP contribution < -0.4 is 10.2 Å². The molecule has 1 aromatic heterocycles. The first-order valence-corrected chi connectivity index (χ1v) is 6.95. The second-order valence-corrected chi connectivity index (χ2v) is 6.17. The van der Waals surface area contributed by atoms with Crippen LogP contribution in [-0.4, -0.2) is 43.7 Å². The highest BCUT2D eigenvalue weighted by Gasteiger charge is 2.25. The topological polar surface area (TPSA) is 54.5 Å². The molecule has 0 radical (unpaired) electrons. The Labute approximate surface area is 112 Å². The van der Waals surface area contributed by atoms with Gasteiger partial charge in [-0.1, -0.05) is 11.3 Å². The van der Waals surface area contributed by atoms with Gasteiger partial charge in [0.1, 0.15) is 5.00 Å². The van der Waals surface area contributed by atoms with Gasteiger partial charge in [0.15, 0.2) is 9.61 Å². The summed E-state index contributed by atoms with van der Waals surface area (Å²) in [7, 11) is 1.37. The fraction of sp³-hybridized carbons (Fsp3) is 0.600. The maximum atomic E-state index is 11.6. The second-order valence-electron chi connectivity index (χ2n) is 3.91. The summed E-state index contributed by atoms with van der Waals surface area (Å²) in [4.78, 5) is 18.0. The molecule has 1 atom stereocenters. The number of aromatic nitrogens is 1. The second kappa shape index (κ2) is 5.32. The Kier molecular flexibility index (Phi) is 4.01. The molecule has 1 aromatic rings. The van der Waals surface area contributed by atoms with Gasteiger partial charge in [-0.3, -0.25) is 0 Å². The third kappa shape index (κ3) is 2.78. The number of carbonyl (C=O) groups excluding carboxylic acids is 1. The molecule has 1 aliphatic heterocycles. The van der Waals surface area contributed by atoms with E-state index in [9.17, 15) is 4.79 Å². The standard InChI is InChI=1S/C10H14BrN3O2S/c1-6-5-14(4-3-12-6)8-7(9(15)16-2)13-10(11)17-8/h6,12H,3-5H2,1-2H3/t6-/m1/s1. The summed E-state index contributed by atoms with van der Waals surface area (Å²) in [5, 5.41) is 4.25. The molecule has 5 nitrogen and oxygen atoms in total. The number of thiazole rings is 1. The summed E-state index contributed by atoms with van der Waals surface area (Å²) < 4.78 is 5.46. The van der Waals surface area contributed by atoms with E-state index in [1.54, 1.807) is 0 Å². The SMILES string of the molecule is COC(=O)c1nc(Br)sc1N1CCN[C@H](C)C1. The van der Waals surface area contributed by atoms with Crippen molar-refractivity contribution in [3.05, 3.63) is 9.61 Å². The number of nitrogens with one attached hydrogen (secondary N) is 1. The van der Waals surface area contributed by atoms with Crippen molar-refractivity contribution in [2.45, 2.75) is 13.0 Å². The Hall–Kier alpha value is -0.660. The highest BCUT2D eigenvalue weighted by Crippen LogP contribution is 2.32. The van der Waals surface area contributed by atoms with Crippen LogP contribution in [0.4, 0.5) is 5.00 Å². The molecule has 2 heterocycles. The Morgan fingerprint density at radius 1 is 1.71 bits per heavy atom. The third-order valence-electron chi connectivity index (χ3n) is 2.62. The zero-order chi connectivity index (χ0) is 12.4. The van der Waals surface area contributed by atoms with Crippen molar-refractivity contribution in [2.75, 3.05) is 31.6 Å². The number of hydrogen-bond acceptors (Lipinski definition) is 6. The van der Waals surface area contributed by atoms with E-state index in [0.29, 0.717) is 15.7 Å². The van der Waals surface area contributed by atoms with Crippen molar-refractivity contribution in [1.29, 1.82) is 0 Å². The van der Waals surface area contributed by atoms with E-state index in [-0.39, 0.29) is 5.97 Å². The van der Waals surface area contributed by atoms with Gasteiger partial charge in [0.05, 0.1) is 7.11 Å². The fourth-order valence-electron chi connectivity index (χ4n) is 1.85. The van der Waals surface area contributed by atoms with E-state index in [2.05, 4.69) is 38.1 Å². The van der Waals surface area contributed by atoms with Crippen molar-refractivity contribution in [1.82, 2.24) is 10.3 Å². The molecule has 0 aliphatic carbocycles. The quantitative estimate of drug-likeness (QED) is 0.837. The van der Waals surface area contributed by atoms with Crippen LogP contribution in [0.2, 0.25) is 0 Å². The minimum atomic E-state index is -0.381. The highest BCUT2D eigenvalue weighted by atomic mass is 79.9. The monoisotopic (exact) mass is 319 g/mol. The van der Waals surface area contributed by atoms with Gasteiger partial charge in [0, 0.05) is 25.7 Å². The number of ether oxygens (including phenoxy) is 1. The number of rotatable bonds is 2. The largest absolute Gasteiger partial charge is 0.464 e. The Morgan fingerprint density at radius 3 is 3.12 bits per heavy atom. The Balaban J connectivity index is 2.27. The molecular weight excluding hydrogens is 306 g/mol. The molecule has 1 fully saturated rings. The lowest BCUT2D eigenvalue weighted by Gasteiger charge is -2.32. The molecular formula is C10H14BrN3O2S. The predicted molar refractivity (Wildman–Crippen MR) is 70.8 cm³/mol. The molecule has 0 aromatic carbocycles. The molecule has 0 unspecified atom stereocenters. The van der Waals surface area contributed by atoms with E-state index in [1.165, 1.54) is 18.4 Å². The van der Waals surface area contributed by atoms with E-state index < -0.39 is 0 Å². The van der Waals surface area contributed by atoms with E-state index in [1.807, 2.05) is 0 Å². The number of esters is 1. The number of nitrogens with zero attached hydrogens (tertiary/aromatic N) is 2. The number of hydrogen-bond donors (Lipinski definition) is 1. The smallest absolute Gasteiger partial charge is 0.359 e. The fourth-order valence-corrected chi connectivity index (χ4v) is 3.30. The molecule has 0 spiro atoms. The number of anilines is 1. The van der Waals surface area contributed by atoms with Crippen molar-refractivity contribution < 1.29 is 9.53 Å². The average molecular weight is 320 g/mol. The molecule has 2 rings (SSSR count). The first kappa shape index (κ1) is 12.8. The lowest BCUT2D eigenvalue weighted by Crippen LogP contribution is -2.49. The van der Waals surface area contributed by atoms with Gasteiger partial charge >= 0.3 is 5.97 Å². The van der Waals surface area contributed by atoms with Gasteiger partial charge in [-0.05, 0) is 22.9 Å². The highest BCUT2D eigenvalue weighted by molar-refractivity contribution is 9.11. The molecule has 94 valence electrons. The zero-order valence-electron chi connectivity index (χ0n) is 9.70. The molecule has 1 aliphatic rings. The lowest BCUT2D eigenvalue weighted by atomic mass is 10.2. The van der Waals surface area contributed by atoms with Crippen LogP contribution in [0.25, 0.3) is 0 Å². The van der Waals surface area contributed by atoms with E-state index in [0.717, 1.165) is 24.6 Å². The molecule has 0 saturated carbocycles. The molecule has 7 heteroatoms. The van der Waals surface area contributed by atoms with Crippen molar-refractivity contribution in [2.24, 2.45) is 0 Å². The summed E-state index contributed by atoms with van der Waals surface area (Å²) in [6.45, 7) is 4.79. The molecule has 17 heavy (non-hydrogen) atoms. The maximum Gasteiger partial charge on any atom is 0.359 e. The molecule has 0 bridgehead atoms. The van der Waals surface area contributed by atoms with Gasteiger partial charge < -0.3 is 15.0 Å². The predicted octanol–water partition coefficient (Wildman–Crippen LogP) is 1.49. The van der Waals surface area contributed by atoms with Crippen molar-refractivity contribution >= 4 is 38.2 Å². The van der Waals surface area contributed by atoms with Crippen LogP contribution in [0, 0.1) is 0 Å². The summed E-state index contributed by atoms with van der Waals surface area (Å²) in [6, 6.07) is 0.412. The summed E-state index contributed by atoms with van der Waals surface area (Å²) in [5.74, 6) is -0.381. The first-order chi connectivity index (χ1) is 8.11. The van der Waals surface area contributed by atoms with Crippen molar-refractivity contribution in [3.63, 3.8) is 0 Å². The molecule has 1 saturated heterocycles. The molecule has 1 N–H and O–H groups in total. The summed E-state index contributed by atoms with van der Waals surface area (Å²) >= 11 is 4.79. The third-order valence-corrected chi connectivity index (χ3v) is 4.19. The van der Waals surface area contributed by atoms with Crippen LogP contribution in [0.15, 0.2) is 3.92 Å². The average Bonchev–Trinajstić information content (AvgIpc) is 2.70. The number of carbonyl (C=O) groups is 1. The van der Waals surface area contributed by atoms with Gasteiger partial charge in [-0.15, -0.1) is 0 Å². The Bertz CT molecular complexity index is 424. The van der Waals surface area contributed by atoms with Gasteiger partial charge in [0.25, 0.3) is 0 Å². The minimum absolute atomic E-state index is 0.381. The van der Waals surface area contributed by atoms with Crippen LogP contribution >= 0.6 is 27.3 Å². The normalized spacial score (nSPS) is 20.4. The lowest BCUT2D eigenvalue weighted by molar-refractivity contribution is 0.0595. The van der Waals surface area contributed by atoms with Gasteiger partial charge in [0.2, 0.25) is 0 Å². The van der Waals surface area contributed by atoms with Crippen LogP contribution in [0.1, 0.15) is 17.4 Å². The van der Waals surface area contributed by atoms with Crippen molar-refractivity contribution in [3.8, 4) is 0 Å². The Morgan fingerprint density at radius 2 is 2.47 bits per heavy atom. The van der Waals surface area contributed by atoms with Crippen LogP contribution in [0.5, 0.6) is 0 Å². The summed E-state index contributed by atoms with van der Waals surface area (Å²) in [6.07, 6.45) is 0.